The van der Waals surface area contributed by atoms with Crippen LogP contribution in [0.2, 0.25) is 58.9 Å². The topological polar surface area (TPSA) is 116 Å². The monoisotopic (exact) mass is 779 g/mol. The zero-order valence-electron chi connectivity index (χ0n) is 29.6. The summed E-state index contributed by atoms with van der Waals surface area (Å²) in [4.78, 5) is 29.3. The lowest BCUT2D eigenvalue weighted by Crippen LogP contribution is -2.58. The summed E-state index contributed by atoms with van der Waals surface area (Å²) in [6.45, 7) is 27.3. The van der Waals surface area contributed by atoms with Crippen molar-refractivity contribution in [3.63, 3.8) is 0 Å². The van der Waals surface area contributed by atoms with Crippen molar-refractivity contribution in [3.05, 3.63) is 65.4 Å². The van der Waals surface area contributed by atoms with Gasteiger partial charge < -0.3 is 31.0 Å². The average molecular weight is 780 g/mol. The zero-order chi connectivity index (χ0) is 35.2. The fourth-order valence-corrected chi connectivity index (χ4v) is 21.8. The Kier molecular flexibility index (Phi) is 19.8. The fourth-order valence-electron chi connectivity index (χ4n) is 4.90. The lowest BCUT2D eigenvalue weighted by atomic mass is 10.1. The number of rotatable bonds is 16. The summed E-state index contributed by atoms with van der Waals surface area (Å²) >= 11 is 0. The second-order valence-corrected chi connectivity index (χ2v) is 29.8. The fraction of sp³-hybridized carbons (Fsp3) is 0.486. The number of benzene rings is 2. The summed E-state index contributed by atoms with van der Waals surface area (Å²) in [6, 6.07) is 12.6. The summed E-state index contributed by atoms with van der Waals surface area (Å²) in [5.41, 5.74) is 2.39. The first kappa shape index (κ1) is 50.0. The maximum absolute atomic E-state index is 12.3. The van der Waals surface area contributed by atoms with E-state index < -0.39 is 45.7 Å². The standard InChI is InChI=1S/C33H49NO9Si4.4CH4/c1-13-37-32(35)28(33(36)38-14-2)21-25-15-17-26(18-16-25)31-34-29-20-19-27(22-30(29)40-31)39-23-24(3)47(12,42-45(7,8)9)43-46(10,11)41-44(4,5)6;;;;/h15-22H,3,13-14,23H2,1-2,4-12H3;4*1H4. The second-order valence-electron chi connectivity index (χ2n) is 13.5. The molecule has 0 saturated carbocycles. The molecule has 1 heterocycles. The van der Waals surface area contributed by atoms with Crippen LogP contribution < -0.4 is 4.74 Å². The van der Waals surface area contributed by atoms with Gasteiger partial charge in [-0.05, 0) is 109 Å². The summed E-state index contributed by atoms with van der Waals surface area (Å²) < 4.78 is 42.3. The van der Waals surface area contributed by atoms with Crippen LogP contribution in [0.25, 0.3) is 28.6 Å². The van der Waals surface area contributed by atoms with E-state index in [1.165, 1.54) is 6.08 Å². The molecule has 51 heavy (non-hydrogen) atoms. The first-order chi connectivity index (χ1) is 21.7. The average Bonchev–Trinajstić information content (AvgIpc) is 3.36. The number of aromatic nitrogens is 1. The van der Waals surface area contributed by atoms with Gasteiger partial charge >= 0.3 is 29.1 Å². The number of hydrogen-bond acceptors (Lipinski definition) is 10. The third kappa shape index (κ3) is 15.2. The third-order valence-electron chi connectivity index (χ3n) is 6.37. The molecule has 0 amide bonds. The lowest BCUT2D eigenvalue weighted by molar-refractivity contribution is -0.146. The zero-order valence-corrected chi connectivity index (χ0v) is 33.6. The van der Waals surface area contributed by atoms with Crippen molar-refractivity contribution >= 4 is 62.9 Å². The van der Waals surface area contributed by atoms with E-state index in [0.717, 1.165) is 10.8 Å². The van der Waals surface area contributed by atoms with Gasteiger partial charge in [0.25, 0.3) is 0 Å². The number of ether oxygens (including phenoxy) is 3. The molecule has 0 bridgehead atoms. The van der Waals surface area contributed by atoms with Gasteiger partial charge in [-0.15, -0.1) is 0 Å². The van der Waals surface area contributed by atoms with Crippen molar-refractivity contribution in [1.29, 1.82) is 0 Å². The van der Waals surface area contributed by atoms with Crippen LogP contribution in [0.1, 0.15) is 49.1 Å². The molecule has 14 heteroatoms. The predicted octanol–water partition coefficient (Wildman–Crippen LogP) is 10.5. The molecule has 0 aliphatic carbocycles. The number of fused-ring (bicyclic) bond motifs is 1. The highest BCUT2D eigenvalue weighted by Gasteiger charge is 2.46. The largest absolute Gasteiger partial charge is 0.489 e. The van der Waals surface area contributed by atoms with Crippen molar-refractivity contribution in [3.8, 4) is 17.2 Å². The quantitative estimate of drug-likeness (QED) is 0.0457. The van der Waals surface area contributed by atoms with Crippen LogP contribution in [0, 0.1) is 0 Å². The van der Waals surface area contributed by atoms with E-state index in [1.807, 2.05) is 18.7 Å². The van der Waals surface area contributed by atoms with Gasteiger partial charge in [0, 0.05) is 16.8 Å². The maximum atomic E-state index is 12.3. The number of hydrogen-bond donors (Lipinski definition) is 0. The molecule has 0 spiro atoms. The van der Waals surface area contributed by atoms with Gasteiger partial charge in [-0.25, -0.2) is 14.6 Å². The van der Waals surface area contributed by atoms with Crippen LogP contribution in [0.4, 0.5) is 0 Å². The van der Waals surface area contributed by atoms with Gasteiger partial charge in [0.2, 0.25) is 5.89 Å². The summed E-state index contributed by atoms with van der Waals surface area (Å²) in [5, 5.41) is 0.793. The van der Waals surface area contributed by atoms with Gasteiger partial charge in [0.05, 0.1) is 13.2 Å². The molecular formula is C37H65NO9Si4. The van der Waals surface area contributed by atoms with Gasteiger partial charge in [-0.2, -0.15) is 0 Å². The van der Waals surface area contributed by atoms with Crippen LogP contribution in [-0.4, -0.2) is 70.5 Å². The van der Waals surface area contributed by atoms with E-state index in [9.17, 15) is 9.59 Å². The van der Waals surface area contributed by atoms with Crippen LogP contribution >= 0.6 is 0 Å². The molecule has 3 rings (SSSR count). The smallest absolute Gasteiger partial charge is 0.348 e. The van der Waals surface area contributed by atoms with E-state index in [2.05, 4.69) is 63.9 Å². The molecule has 0 saturated heterocycles. The van der Waals surface area contributed by atoms with E-state index in [-0.39, 0.29) is 55.1 Å². The van der Waals surface area contributed by atoms with Gasteiger partial charge in [0.15, 0.2) is 22.2 Å². The minimum absolute atomic E-state index is 0. The molecule has 0 N–H and O–H groups in total. The number of carbonyl (C=O) groups excluding carboxylic acids is 2. The van der Waals surface area contributed by atoms with Crippen LogP contribution in [0.15, 0.2) is 64.2 Å². The Bertz CT molecular complexity index is 1590. The molecule has 0 radical (unpaired) electrons. The Morgan fingerprint density at radius 2 is 1.29 bits per heavy atom. The van der Waals surface area contributed by atoms with E-state index in [4.69, 9.17) is 31.0 Å². The molecular weight excluding hydrogens is 715 g/mol. The first-order valence-electron chi connectivity index (χ1n) is 15.7. The highest BCUT2D eigenvalue weighted by atomic mass is 28.5. The molecule has 1 atom stereocenters. The summed E-state index contributed by atoms with van der Waals surface area (Å²) in [6.07, 6.45) is 1.44. The number of esters is 2. The van der Waals surface area contributed by atoms with Crippen LogP contribution in [0.5, 0.6) is 5.75 Å². The Labute approximate surface area is 312 Å². The molecule has 0 fully saturated rings. The highest BCUT2D eigenvalue weighted by molar-refractivity contribution is 6.92. The number of nitrogens with zero attached hydrogens (tertiary/aromatic N) is 1. The molecule has 1 aromatic heterocycles. The van der Waals surface area contributed by atoms with Crippen molar-refractivity contribution in [1.82, 2.24) is 4.98 Å². The minimum atomic E-state index is -2.90. The van der Waals surface area contributed by atoms with Crippen LogP contribution in [0.3, 0.4) is 0 Å². The third-order valence-corrected chi connectivity index (χ3v) is 19.7. The predicted molar refractivity (Wildman–Crippen MR) is 221 cm³/mol. The van der Waals surface area contributed by atoms with E-state index in [0.29, 0.717) is 28.3 Å². The summed E-state index contributed by atoms with van der Waals surface area (Å²) in [5.74, 6) is -0.452. The lowest BCUT2D eigenvalue weighted by Gasteiger charge is -2.41. The number of oxazole rings is 1. The number of carbonyl (C=O) groups is 2. The van der Waals surface area contributed by atoms with Gasteiger partial charge in [0.1, 0.15) is 23.4 Å². The normalized spacial score (nSPS) is 12.5. The van der Waals surface area contributed by atoms with Crippen molar-refractivity contribution in [2.75, 3.05) is 19.8 Å². The van der Waals surface area contributed by atoms with E-state index >= 15 is 0 Å². The molecule has 3 aromatic rings. The first-order valence-corrected chi connectivity index (χ1v) is 27.7. The Morgan fingerprint density at radius 1 is 0.765 bits per heavy atom. The minimum Gasteiger partial charge on any atom is -0.489 e. The molecule has 1 unspecified atom stereocenters. The SMILES string of the molecule is C.C.C.C.C=C(COc1ccc2nc(-c3ccc(C=C(C(=O)OCC)C(=O)OCC)cc3)oc2c1)[Si](C)(O[Si](C)(C)C)O[Si](C)(C)O[Si](C)(C)C. The van der Waals surface area contributed by atoms with Crippen molar-refractivity contribution in [2.45, 2.75) is 102 Å². The Morgan fingerprint density at radius 3 is 1.78 bits per heavy atom. The molecule has 10 nitrogen and oxygen atoms in total. The highest BCUT2D eigenvalue weighted by Crippen LogP contribution is 2.31. The molecule has 288 valence electrons. The van der Waals surface area contributed by atoms with Crippen molar-refractivity contribution < 1.29 is 40.6 Å². The molecule has 2 aromatic carbocycles. The summed E-state index contributed by atoms with van der Waals surface area (Å²) in [7, 11) is -9.21. The maximum Gasteiger partial charge on any atom is 0.348 e. The van der Waals surface area contributed by atoms with E-state index in [1.54, 1.807) is 44.2 Å². The van der Waals surface area contributed by atoms with Crippen LogP contribution in [-0.2, 0) is 31.4 Å². The Balaban J connectivity index is 0. The van der Waals surface area contributed by atoms with Gasteiger partial charge in [-0.1, -0.05) is 48.4 Å². The Hall–Kier alpha value is -3.12. The second kappa shape index (κ2) is 20.2. The van der Waals surface area contributed by atoms with Gasteiger partial charge in [-0.3, -0.25) is 0 Å². The molecule has 0 aliphatic rings. The molecule has 0 aliphatic heterocycles. The van der Waals surface area contributed by atoms with Crippen molar-refractivity contribution in [2.24, 2.45) is 0 Å².